The van der Waals surface area contributed by atoms with Gasteiger partial charge >= 0.3 is 0 Å². The van der Waals surface area contributed by atoms with Crippen molar-refractivity contribution in [1.29, 1.82) is 0 Å². The second-order valence-corrected chi connectivity index (χ2v) is 4.08. The second kappa shape index (κ2) is 5.03. The van der Waals surface area contributed by atoms with E-state index in [0.29, 0.717) is 5.02 Å². The van der Waals surface area contributed by atoms with Gasteiger partial charge in [0, 0.05) is 5.02 Å². The molecular formula is C12H8ClN3O3. The monoisotopic (exact) mass is 277 g/mol. The van der Waals surface area contributed by atoms with Crippen molar-refractivity contribution >= 4 is 23.3 Å². The van der Waals surface area contributed by atoms with Gasteiger partial charge in [-0.2, -0.15) is 0 Å². The van der Waals surface area contributed by atoms with E-state index < -0.39 is 11.7 Å². The summed E-state index contributed by atoms with van der Waals surface area (Å²) >= 11 is 5.67. The summed E-state index contributed by atoms with van der Waals surface area (Å²) in [5, 5.41) is 9.95. The summed E-state index contributed by atoms with van der Waals surface area (Å²) in [6.07, 6.45) is 2.22. The molecule has 0 spiro atoms. The Balaban J connectivity index is 2.36. The van der Waals surface area contributed by atoms with Gasteiger partial charge in [0.15, 0.2) is 0 Å². The number of phenols is 1. The average molecular weight is 278 g/mol. The van der Waals surface area contributed by atoms with Gasteiger partial charge in [-0.15, -0.1) is 0 Å². The maximum atomic E-state index is 12.0. The van der Waals surface area contributed by atoms with Crippen LogP contribution in [0.2, 0.25) is 5.02 Å². The molecule has 1 aromatic heterocycles. The molecule has 2 aromatic rings. The lowest BCUT2D eigenvalue weighted by Crippen LogP contribution is -2.15. The average Bonchev–Trinajstić information content (AvgIpc) is 2.38. The number of hydrogen-bond donors (Lipinski definition) is 2. The van der Waals surface area contributed by atoms with Crippen LogP contribution in [0.25, 0.3) is 0 Å². The number of benzene rings is 1. The van der Waals surface area contributed by atoms with Gasteiger partial charge in [-0.1, -0.05) is 11.6 Å². The zero-order valence-corrected chi connectivity index (χ0v) is 10.3. The lowest BCUT2D eigenvalue weighted by Gasteiger charge is -2.03. The summed E-state index contributed by atoms with van der Waals surface area (Å²) < 4.78 is 0. The third-order valence-corrected chi connectivity index (χ3v) is 2.58. The normalized spacial score (nSPS) is 10.2. The molecular weight excluding hydrogens is 270 g/mol. The first-order valence-electron chi connectivity index (χ1n) is 5.14. The Kier molecular flexibility index (Phi) is 3.43. The van der Waals surface area contributed by atoms with Crippen LogP contribution >= 0.6 is 11.6 Å². The fourth-order valence-corrected chi connectivity index (χ4v) is 1.57. The number of nitrogens with zero attached hydrogens (tertiary/aromatic N) is 2. The molecule has 0 fully saturated rings. The Morgan fingerprint density at radius 2 is 1.79 bits per heavy atom. The number of carbonyl (C=O) groups is 2. The van der Waals surface area contributed by atoms with Gasteiger partial charge in [-0.05, 0) is 18.2 Å². The first-order chi connectivity index (χ1) is 8.99. The number of aromatic hydroxyl groups is 1. The number of aromatic nitrogens is 2. The first kappa shape index (κ1) is 13.0. The van der Waals surface area contributed by atoms with Gasteiger partial charge in [0.1, 0.15) is 17.1 Å². The molecule has 0 bridgehead atoms. The Morgan fingerprint density at radius 1 is 1.16 bits per heavy atom. The number of rotatable bonds is 3. The van der Waals surface area contributed by atoms with Crippen molar-refractivity contribution in [2.24, 2.45) is 5.73 Å². The van der Waals surface area contributed by atoms with Crippen LogP contribution in [0, 0.1) is 0 Å². The number of halogens is 1. The van der Waals surface area contributed by atoms with Crippen molar-refractivity contribution in [3.63, 3.8) is 0 Å². The molecule has 0 saturated heterocycles. The van der Waals surface area contributed by atoms with Gasteiger partial charge in [-0.3, -0.25) is 9.59 Å². The Hall–Kier alpha value is -2.47. The summed E-state index contributed by atoms with van der Waals surface area (Å²) in [7, 11) is 0. The van der Waals surface area contributed by atoms with Crippen molar-refractivity contribution < 1.29 is 14.7 Å². The lowest BCUT2D eigenvalue weighted by atomic mass is 10.1. The van der Waals surface area contributed by atoms with Crippen LogP contribution in [0.15, 0.2) is 30.6 Å². The van der Waals surface area contributed by atoms with Crippen molar-refractivity contribution in [3.8, 4) is 5.75 Å². The molecule has 0 aliphatic rings. The highest BCUT2D eigenvalue weighted by Gasteiger charge is 2.16. The van der Waals surface area contributed by atoms with E-state index in [1.807, 2.05) is 0 Å². The van der Waals surface area contributed by atoms with Crippen LogP contribution in [0.5, 0.6) is 5.75 Å². The molecule has 1 aromatic carbocycles. The van der Waals surface area contributed by atoms with Gasteiger partial charge in [-0.25, -0.2) is 9.97 Å². The van der Waals surface area contributed by atoms with E-state index in [0.717, 1.165) is 12.4 Å². The van der Waals surface area contributed by atoms with Crippen LogP contribution in [-0.2, 0) is 0 Å². The molecule has 1 amide bonds. The molecule has 0 unspecified atom stereocenters. The predicted octanol–water partition coefficient (Wildman–Crippen LogP) is 1.17. The van der Waals surface area contributed by atoms with E-state index in [9.17, 15) is 14.7 Å². The third-order valence-electron chi connectivity index (χ3n) is 2.34. The summed E-state index contributed by atoms with van der Waals surface area (Å²) in [5.41, 5.74) is 5.00. The van der Waals surface area contributed by atoms with Crippen LogP contribution in [0.3, 0.4) is 0 Å². The van der Waals surface area contributed by atoms with Crippen LogP contribution < -0.4 is 5.73 Å². The standard InChI is InChI=1S/C12H8ClN3O3/c13-6-1-2-7(10(17)3-6)11(18)8-4-16-9(5-15-8)12(14)19/h1-5,17H,(H2,14,19). The smallest absolute Gasteiger partial charge is 0.268 e. The number of primary amides is 1. The summed E-state index contributed by atoms with van der Waals surface area (Å²) in [6.45, 7) is 0. The number of ketones is 1. The molecule has 3 N–H and O–H groups in total. The van der Waals surface area contributed by atoms with Crippen molar-refractivity contribution in [2.75, 3.05) is 0 Å². The largest absolute Gasteiger partial charge is 0.507 e. The second-order valence-electron chi connectivity index (χ2n) is 3.64. The van der Waals surface area contributed by atoms with Gasteiger partial charge < -0.3 is 10.8 Å². The highest BCUT2D eigenvalue weighted by atomic mass is 35.5. The van der Waals surface area contributed by atoms with Crippen LogP contribution in [-0.4, -0.2) is 26.8 Å². The zero-order chi connectivity index (χ0) is 14.0. The molecule has 2 rings (SSSR count). The number of hydrogen-bond acceptors (Lipinski definition) is 5. The number of nitrogens with two attached hydrogens (primary N) is 1. The fraction of sp³-hybridized carbons (Fsp3) is 0. The van der Waals surface area contributed by atoms with Crippen molar-refractivity contribution in [3.05, 3.63) is 52.6 Å². The minimum absolute atomic E-state index is 0.0115. The van der Waals surface area contributed by atoms with E-state index in [1.54, 1.807) is 0 Å². The molecule has 0 aliphatic carbocycles. The minimum atomic E-state index is -0.735. The first-order valence-corrected chi connectivity index (χ1v) is 5.52. The fourth-order valence-electron chi connectivity index (χ4n) is 1.41. The van der Waals surface area contributed by atoms with E-state index in [-0.39, 0.29) is 22.7 Å². The third kappa shape index (κ3) is 2.69. The zero-order valence-electron chi connectivity index (χ0n) is 9.50. The Morgan fingerprint density at radius 3 is 2.32 bits per heavy atom. The molecule has 1 heterocycles. The van der Waals surface area contributed by atoms with E-state index in [2.05, 4.69) is 9.97 Å². The molecule has 0 atom stereocenters. The van der Waals surface area contributed by atoms with Crippen LogP contribution in [0.1, 0.15) is 26.5 Å². The number of phenolic OH excluding ortho intramolecular Hbond substituents is 1. The number of amides is 1. The highest BCUT2D eigenvalue weighted by molar-refractivity contribution is 6.31. The maximum Gasteiger partial charge on any atom is 0.268 e. The summed E-state index contributed by atoms with van der Waals surface area (Å²) in [6, 6.07) is 4.10. The highest BCUT2D eigenvalue weighted by Crippen LogP contribution is 2.23. The predicted molar refractivity (Wildman–Crippen MR) is 67.1 cm³/mol. The van der Waals surface area contributed by atoms with Gasteiger partial charge in [0.05, 0.1) is 18.0 Å². The topological polar surface area (TPSA) is 106 Å². The maximum absolute atomic E-state index is 12.0. The quantitative estimate of drug-likeness (QED) is 0.819. The Labute approximate surface area is 112 Å². The van der Waals surface area contributed by atoms with E-state index in [4.69, 9.17) is 17.3 Å². The number of carbonyl (C=O) groups excluding carboxylic acids is 2. The molecule has 7 heteroatoms. The van der Waals surface area contributed by atoms with Gasteiger partial charge in [0.25, 0.3) is 5.91 Å². The minimum Gasteiger partial charge on any atom is -0.507 e. The molecule has 0 aliphatic heterocycles. The summed E-state index contributed by atoms with van der Waals surface area (Å²) in [4.78, 5) is 30.4. The SMILES string of the molecule is NC(=O)c1cnc(C(=O)c2ccc(Cl)cc2O)cn1. The van der Waals surface area contributed by atoms with E-state index in [1.165, 1.54) is 18.2 Å². The van der Waals surface area contributed by atoms with Crippen LogP contribution in [0.4, 0.5) is 0 Å². The Bertz CT molecular complexity index is 656. The van der Waals surface area contributed by atoms with Gasteiger partial charge in [0.2, 0.25) is 5.78 Å². The lowest BCUT2D eigenvalue weighted by molar-refractivity contribution is 0.0989. The molecule has 6 nitrogen and oxygen atoms in total. The molecule has 96 valence electrons. The molecule has 0 saturated carbocycles. The molecule has 0 radical (unpaired) electrons. The van der Waals surface area contributed by atoms with Crippen molar-refractivity contribution in [2.45, 2.75) is 0 Å². The molecule has 19 heavy (non-hydrogen) atoms. The van der Waals surface area contributed by atoms with E-state index >= 15 is 0 Å². The van der Waals surface area contributed by atoms with Crippen molar-refractivity contribution in [1.82, 2.24) is 9.97 Å². The summed E-state index contributed by atoms with van der Waals surface area (Å²) in [5.74, 6) is -1.52.